The number of pyridine rings is 1. The predicted octanol–water partition coefficient (Wildman–Crippen LogP) is 4.77. The van der Waals surface area contributed by atoms with Crippen molar-refractivity contribution in [1.29, 1.82) is 5.26 Å². The van der Waals surface area contributed by atoms with E-state index in [9.17, 15) is 18.0 Å². The molecule has 1 atom stereocenters. The molecule has 1 aromatic heterocycles. The number of piperazine rings is 1. The molecule has 44 heavy (non-hydrogen) atoms. The molecular formula is C32H28F3N7O2. The number of carbonyl (C=O) groups is 1. The van der Waals surface area contributed by atoms with Gasteiger partial charge in [0.2, 0.25) is 0 Å². The lowest BCUT2D eigenvalue weighted by molar-refractivity contribution is -0.0919. The Morgan fingerprint density at radius 3 is 2.50 bits per heavy atom. The molecule has 3 aliphatic heterocycles. The van der Waals surface area contributed by atoms with Crippen molar-refractivity contribution in [2.24, 2.45) is 5.10 Å². The van der Waals surface area contributed by atoms with Gasteiger partial charge in [-0.05, 0) is 47.5 Å². The number of ether oxygens (including phenoxy) is 1. The molecule has 0 bridgehead atoms. The van der Waals surface area contributed by atoms with Gasteiger partial charge in [0.15, 0.2) is 0 Å². The zero-order valence-corrected chi connectivity index (χ0v) is 23.6. The van der Waals surface area contributed by atoms with Crippen molar-refractivity contribution in [1.82, 2.24) is 20.2 Å². The second-order valence-corrected chi connectivity index (χ2v) is 10.6. The van der Waals surface area contributed by atoms with Crippen LogP contribution in [0.25, 0.3) is 0 Å². The highest BCUT2D eigenvalue weighted by Gasteiger charge is 2.43. The number of alkyl halides is 3. The number of rotatable bonds is 6. The summed E-state index contributed by atoms with van der Waals surface area (Å²) >= 11 is 0. The van der Waals surface area contributed by atoms with Gasteiger partial charge < -0.3 is 19.4 Å². The Morgan fingerprint density at radius 1 is 1.07 bits per heavy atom. The van der Waals surface area contributed by atoms with Crippen LogP contribution in [0.15, 0.2) is 95.5 Å². The molecule has 3 aromatic rings. The van der Waals surface area contributed by atoms with Crippen molar-refractivity contribution < 1.29 is 22.7 Å². The van der Waals surface area contributed by atoms with E-state index in [4.69, 9.17) is 10.00 Å². The molecule has 224 valence electrons. The van der Waals surface area contributed by atoms with Gasteiger partial charge in [-0.2, -0.15) is 23.5 Å². The minimum Gasteiger partial charge on any atom is -0.491 e. The first-order valence-electron chi connectivity index (χ1n) is 14.0. The minimum absolute atomic E-state index is 0.0675. The molecule has 0 spiro atoms. The highest BCUT2D eigenvalue weighted by atomic mass is 19.4. The van der Waals surface area contributed by atoms with E-state index in [2.05, 4.69) is 33.1 Å². The molecule has 1 unspecified atom stereocenters. The second kappa shape index (κ2) is 11.8. The van der Waals surface area contributed by atoms with Gasteiger partial charge in [-0.1, -0.05) is 30.8 Å². The number of carbonyl (C=O) groups excluding carboxylic acids is 1. The summed E-state index contributed by atoms with van der Waals surface area (Å²) in [5.41, 5.74) is 3.89. The summed E-state index contributed by atoms with van der Waals surface area (Å²) in [6, 6.07) is 19.4. The molecule has 0 aliphatic carbocycles. The summed E-state index contributed by atoms with van der Waals surface area (Å²) in [6.07, 6.45) is -1.91. The van der Waals surface area contributed by atoms with Gasteiger partial charge in [0, 0.05) is 44.5 Å². The van der Waals surface area contributed by atoms with Gasteiger partial charge in [0.25, 0.3) is 5.91 Å². The van der Waals surface area contributed by atoms with Gasteiger partial charge in [-0.15, -0.1) is 0 Å². The summed E-state index contributed by atoms with van der Waals surface area (Å²) in [5.74, 6) is 1.16. The summed E-state index contributed by atoms with van der Waals surface area (Å²) in [6.45, 7) is 6.15. The van der Waals surface area contributed by atoms with Crippen molar-refractivity contribution in [3.63, 3.8) is 0 Å². The molecule has 6 rings (SSSR count). The number of aromatic nitrogens is 1. The molecule has 4 heterocycles. The third-order valence-corrected chi connectivity index (χ3v) is 7.95. The van der Waals surface area contributed by atoms with E-state index in [1.54, 1.807) is 46.2 Å². The van der Waals surface area contributed by atoms with E-state index in [1.807, 2.05) is 24.3 Å². The molecule has 0 saturated carbocycles. The lowest BCUT2D eigenvalue weighted by atomic mass is 10.0. The van der Waals surface area contributed by atoms with E-state index >= 15 is 0 Å². The van der Waals surface area contributed by atoms with Crippen LogP contribution in [-0.2, 0) is 6.54 Å². The quantitative estimate of drug-likeness (QED) is 0.436. The number of fused-ring (bicyclic) bond motifs is 1. The lowest BCUT2D eigenvalue weighted by Crippen LogP contribution is -2.49. The zero-order chi connectivity index (χ0) is 30.8. The number of hydrogen-bond acceptors (Lipinski definition) is 8. The number of nitriles is 1. The van der Waals surface area contributed by atoms with Crippen molar-refractivity contribution in [3.05, 3.63) is 113 Å². The summed E-state index contributed by atoms with van der Waals surface area (Å²) in [7, 11) is 0. The standard InChI is InChI=1S/C32H28F3N7O2/c1-21-30(32(33,34)35)27(18-38-39-21)42-19-24-4-2-3-5-26(24)28(42)20-44-25-9-7-23(8-10-25)31(43)41-14-12-40(13-15-41)29-11-6-22(16-36)17-37-29/h2-11,17-18,28,39H,1,12-15,19-20H2. The van der Waals surface area contributed by atoms with Crippen LogP contribution in [0.3, 0.4) is 0 Å². The zero-order valence-electron chi connectivity index (χ0n) is 23.6. The first kappa shape index (κ1) is 28.8. The van der Waals surface area contributed by atoms with Crippen LogP contribution >= 0.6 is 0 Å². The third kappa shape index (κ3) is 5.68. The Bertz CT molecular complexity index is 1670. The Morgan fingerprint density at radius 2 is 1.82 bits per heavy atom. The lowest BCUT2D eigenvalue weighted by Gasteiger charge is -2.35. The average Bonchev–Trinajstić information content (AvgIpc) is 3.41. The maximum atomic E-state index is 14.0. The summed E-state index contributed by atoms with van der Waals surface area (Å²) in [4.78, 5) is 23.0. The van der Waals surface area contributed by atoms with Gasteiger partial charge in [0.1, 0.15) is 29.8 Å². The van der Waals surface area contributed by atoms with Gasteiger partial charge in [-0.3, -0.25) is 10.2 Å². The molecule has 3 aliphatic rings. The largest absolute Gasteiger partial charge is 0.491 e. The number of anilines is 1. The number of benzene rings is 2. The highest BCUT2D eigenvalue weighted by Crippen LogP contribution is 2.42. The van der Waals surface area contributed by atoms with Crippen LogP contribution < -0.4 is 15.1 Å². The Hall–Kier alpha value is -5.31. The number of hydrogen-bond donors (Lipinski definition) is 1. The minimum atomic E-state index is -4.62. The fraction of sp³-hybridized carbons (Fsp3) is 0.250. The fourth-order valence-electron chi connectivity index (χ4n) is 5.71. The van der Waals surface area contributed by atoms with E-state index in [0.29, 0.717) is 43.1 Å². The number of hydrazone groups is 1. The second-order valence-electron chi connectivity index (χ2n) is 10.6. The number of nitrogens with one attached hydrogen (secondary N) is 1. The summed E-state index contributed by atoms with van der Waals surface area (Å²) < 4.78 is 48.2. The fourth-order valence-corrected chi connectivity index (χ4v) is 5.71. The number of allylic oxidation sites excluding steroid dienone is 2. The Balaban J connectivity index is 1.12. The van der Waals surface area contributed by atoms with E-state index in [-0.39, 0.29) is 30.5 Å². The molecule has 2 aromatic carbocycles. The monoisotopic (exact) mass is 599 g/mol. The number of halogens is 3. The van der Waals surface area contributed by atoms with Crippen molar-refractivity contribution in [2.45, 2.75) is 18.8 Å². The maximum Gasteiger partial charge on any atom is 0.420 e. The van der Waals surface area contributed by atoms with Crippen molar-refractivity contribution in [2.75, 3.05) is 37.7 Å². The highest BCUT2D eigenvalue weighted by molar-refractivity contribution is 5.94. The average molecular weight is 600 g/mol. The summed E-state index contributed by atoms with van der Waals surface area (Å²) in [5, 5.41) is 12.9. The van der Waals surface area contributed by atoms with Crippen LogP contribution in [0.2, 0.25) is 0 Å². The van der Waals surface area contributed by atoms with Crippen molar-refractivity contribution in [3.8, 4) is 11.8 Å². The van der Waals surface area contributed by atoms with Crippen molar-refractivity contribution >= 4 is 17.9 Å². The van der Waals surface area contributed by atoms with Gasteiger partial charge in [-0.25, -0.2) is 4.98 Å². The Kier molecular flexibility index (Phi) is 7.69. The molecule has 1 amide bonds. The van der Waals surface area contributed by atoms with Crippen LogP contribution in [0.5, 0.6) is 5.75 Å². The normalized spacial score (nSPS) is 18.2. The van der Waals surface area contributed by atoms with E-state index in [0.717, 1.165) is 16.9 Å². The van der Waals surface area contributed by atoms with Crippen LogP contribution in [0, 0.1) is 11.3 Å². The third-order valence-electron chi connectivity index (χ3n) is 7.95. The maximum absolute atomic E-state index is 14.0. The number of amides is 1. The van der Waals surface area contributed by atoms with Gasteiger partial charge >= 0.3 is 6.18 Å². The molecule has 1 N–H and O–H groups in total. The smallest absolute Gasteiger partial charge is 0.420 e. The first-order valence-corrected chi connectivity index (χ1v) is 14.0. The number of nitrogens with zero attached hydrogens (tertiary/aromatic N) is 6. The molecular weight excluding hydrogens is 571 g/mol. The molecule has 12 heteroatoms. The van der Waals surface area contributed by atoms with E-state index in [1.165, 1.54) is 12.4 Å². The van der Waals surface area contributed by atoms with E-state index < -0.39 is 17.8 Å². The van der Waals surface area contributed by atoms with Gasteiger partial charge in [0.05, 0.1) is 29.2 Å². The van der Waals surface area contributed by atoms with Crippen LogP contribution in [-0.4, -0.2) is 65.9 Å². The van der Waals surface area contributed by atoms with Crippen LogP contribution in [0.4, 0.5) is 19.0 Å². The first-order chi connectivity index (χ1) is 21.2. The predicted molar refractivity (Wildman–Crippen MR) is 158 cm³/mol. The molecule has 0 radical (unpaired) electrons. The SMILES string of the molecule is C=C1NN=CC(N2Cc3ccccc3C2COc2ccc(C(=O)N3CCN(c4ccc(C#N)cn4)CC3)cc2)=C1C(F)(F)F. The molecule has 9 nitrogen and oxygen atoms in total. The molecule has 1 fully saturated rings. The Labute approximate surface area is 252 Å². The molecule has 1 saturated heterocycles. The topological polar surface area (TPSA) is 97.1 Å². The van der Waals surface area contributed by atoms with Crippen LogP contribution in [0.1, 0.15) is 33.1 Å².